The second-order valence-electron chi connectivity index (χ2n) is 5.98. The van der Waals surface area contributed by atoms with Gasteiger partial charge >= 0.3 is 0 Å². The molecular weight excluding hydrogens is 276 g/mol. The zero-order valence-corrected chi connectivity index (χ0v) is 12.9. The van der Waals surface area contributed by atoms with Crippen LogP contribution in [0, 0.1) is 0 Å². The van der Waals surface area contributed by atoms with Gasteiger partial charge in [-0.1, -0.05) is 36.4 Å². The maximum Gasteiger partial charge on any atom is 0.222 e. The maximum absolute atomic E-state index is 11.6. The van der Waals surface area contributed by atoms with E-state index in [2.05, 4.69) is 29.2 Å². The molecule has 1 saturated heterocycles. The summed E-state index contributed by atoms with van der Waals surface area (Å²) in [5.74, 6) is 0.159. The Kier molecular flexibility index (Phi) is 4.29. The van der Waals surface area contributed by atoms with Gasteiger partial charge in [0, 0.05) is 44.2 Å². The number of rotatable bonds is 5. The van der Waals surface area contributed by atoms with Gasteiger partial charge in [0.1, 0.15) is 0 Å². The fraction of sp³-hybridized carbons (Fsp3) is 0.389. The summed E-state index contributed by atoms with van der Waals surface area (Å²) in [6, 6.07) is 14.4. The predicted octanol–water partition coefficient (Wildman–Crippen LogP) is 2.26. The third-order valence-electron chi connectivity index (χ3n) is 4.26. The van der Waals surface area contributed by atoms with Gasteiger partial charge < -0.3 is 14.9 Å². The number of benzene rings is 2. The molecule has 3 rings (SSSR count). The Bertz CT molecular complexity index is 666. The van der Waals surface area contributed by atoms with Gasteiger partial charge in [0.15, 0.2) is 0 Å². The fourth-order valence-electron chi connectivity index (χ4n) is 3.16. The van der Waals surface area contributed by atoms with Crippen molar-refractivity contribution in [2.24, 2.45) is 0 Å². The topological polar surface area (TPSA) is 43.8 Å². The minimum Gasteiger partial charge on any atom is -0.389 e. The van der Waals surface area contributed by atoms with Gasteiger partial charge in [0.2, 0.25) is 5.91 Å². The molecule has 1 atom stereocenters. The monoisotopic (exact) mass is 298 g/mol. The van der Waals surface area contributed by atoms with Crippen LogP contribution in [0.5, 0.6) is 0 Å². The summed E-state index contributed by atoms with van der Waals surface area (Å²) < 4.78 is 0. The van der Waals surface area contributed by atoms with E-state index in [1.54, 1.807) is 4.90 Å². The van der Waals surface area contributed by atoms with Crippen molar-refractivity contribution in [1.82, 2.24) is 4.90 Å². The Balaban J connectivity index is 1.70. The summed E-state index contributed by atoms with van der Waals surface area (Å²) in [5, 5.41) is 12.7. The third-order valence-corrected chi connectivity index (χ3v) is 4.26. The van der Waals surface area contributed by atoms with Crippen molar-refractivity contribution in [2.45, 2.75) is 18.9 Å². The van der Waals surface area contributed by atoms with Crippen molar-refractivity contribution in [3.63, 3.8) is 0 Å². The Morgan fingerprint density at radius 3 is 2.77 bits per heavy atom. The van der Waals surface area contributed by atoms with Gasteiger partial charge in [-0.3, -0.25) is 4.79 Å². The molecule has 0 saturated carbocycles. The molecule has 1 aliphatic heterocycles. The number of nitrogens with zero attached hydrogens (tertiary/aromatic N) is 2. The number of hydrogen-bond donors (Lipinski definition) is 1. The molecule has 1 heterocycles. The second kappa shape index (κ2) is 6.36. The van der Waals surface area contributed by atoms with Crippen LogP contribution in [0.25, 0.3) is 10.8 Å². The second-order valence-corrected chi connectivity index (χ2v) is 5.98. The van der Waals surface area contributed by atoms with Gasteiger partial charge in [0.05, 0.1) is 6.10 Å². The maximum atomic E-state index is 11.6. The van der Waals surface area contributed by atoms with Crippen LogP contribution in [0.15, 0.2) is 42.5 Å². The van der Waals surface area contributed by atoms with Crippen molar-refractivity contribution in [1.29, 1.82) is 0 Å². The number of likely N-dealkylation sites (N-methyl/N-ethyl adjacent to an activating group) is 1. The molecule has 116 valence electrons. The van der Waals surface area contributed by atoms with E-state index in [0.29, 0.717) is 19.5 Å². The molecule has 1 fully saturated rings. The molecule has 0 aliphatic carbocycles. The van der Waals surface area contributed by atoms with Crippen LogP contribution >= 0.6 is 0 Å². The smallest absolute Gasteiger partial charge is 0.222 e. The number of likely N-dealkylation sites (tertiary alicyclic amines) is 1. The number of aliphatic hydroxyl groups excluding tert-OH is 1. The van der Waals surface area contributed by atoms with E-state index < -0.39 is 6.10 Å². The van der Waals surface area contributed by atoms with E-state index in [1.807, 2.05) is 25.2 Å². The lowest BCUT2D eigenvalue weighted by atomic mass is 10.1. The highest BCUT2D eigenvalue weighted by molar-refractivity contribution is 5.94. The van der Waals surface area contributed by atoms with Gasteiger partial charge in [-0.25, -0.2) is 0 Å². The van der Waals surface area contributed by atoms with Crippen LogP contribution in [-0.4, -0.2) is 48.7 Å². The molecule has 1 unspecified atom stereocenters. The van der Waals surface area contributed by atoms with Crippen LogP contribution in [0.1, 0.15) is 12.8 Å². The summed E-state index contributed by atoms with van der Waals surface area (Å²) in [7, 11) is 1.98. The minimum absolute atomic E-state index is 0.159. The first kappa shape index (κ1) is 14.9. The summed E-state index contributed by atoms with van der Waals surface area (Å²) >= 11 is 0. The molecular formula is C18H22N2O2. The standard InChI is InChI=1S/C18H22N2O2/c1-19(12-15(21)13-20-11-5-10-18(20)22)17-9-4-7-14-6-2-3-8-16(14)17/h2-4,6-9,15,21H,5,10-13H2,1H3. The largest absolute Gasteiger partial charge is 0.389 e. The van der Waals surface area contributed by atoms with Crippen LogP contribution < -0.4 is 4.90 Å². The Labute approximate surface area is 131 Å². The van der Waals surface area contributed by atoms with Crippen LogP contribution in [0.2, 0.25) is 0 Å². The summed E-state index contributed by atoms with van der Waals surface area (Å²) in [5.41, 5.74) is 1.10. The first-order valence-electron chi connectivity index (χ1n) is 7.80. The Morgan fingerprint density at radius 1 is 1.23 bits per heavy atom. The number of anilines is 1. The number of carbonyl (C=O) groups excluding carboxylic acids is 1. The van der Waals surface area contributed by atoms with E-state index in [0.717, 1.165) is 18.7 Å². The highest BCUT2D eigenvalue weighted by atomic mass is 16.3. The van der Waals surface area contributed by atoms with Crippen molar-refractivity contribution in [2.75, 3.05) is 31.6 Å². The molecule has 1 amide bonds. The molecule has 1 aliphatic rings. The van der Waals surface area contributed by atoms with E-state index >= 15 is 0 Å². The zero-order chi connectivity index (χ0) is 15.5. The molecule has 0 spiro atoms. The molecule has 1 N–H and O–H groups in total. The zero-order valence-electron chi connectivity index (χ0n) is 12.9. The average Bonchev–Trinajstić information content (AvgIpc) is 2.91. The van der Waals surface area contributed by atoms with Crippen molar-refractivity contribution >= 4 is 22.4 Å². The van der Waals surface area contributed by atoms with Gasteiger partial charge in [-0.2, -0.15) is 0 Å². The number of amides is 1. The number of fused-ring (bicyclic) bond motifs is 1. The fourth-order valence-corrected chi connectivity index (χ4v) is 3.16. The highest BCUT2D eigenvalue weighted by Gasteiger charge is 2.23. The van der Waals surface area contributed by atoms with E-state index in [1.165, 1.54) is 10.8 Å². The van der Waals surface area contributed by atoms with E-state index in [9.17, 15) is 9.90 Å². The minimum atomic E-state index is -0.536. The van der Waals surface area contributed by atoms with Crippen LogP contribution in [0.3, 0.4) is 0 Å². The highest BCUT2D eigenvalue weighted by Crippen LogP contribution is 2.26. The van der Waals surface area contributed by atoms with Crippen LogP contribution in [-0.2, 0) is 4.79 Å². The molecule has 0 radical (unpaired) electrons. The lowest BCUT2D eigenvalue weighted by molar-refractivity contribution is -0.128. The molecule has 2 aromatic carbocycles. The number of β-amino-alcohol motifs (C(OH)–C–C–N with tert-alkyl or cyclic N) is 1. The average molecular weight is 298 g/mol. The summed E-state index contributed by atoms with van der Waals surface area (Å²) in [6.07, 6.45) is 0.988. The molecule has 0 bridgehead atoms. The Hall–Kier alpha value is -2.07. The predicted molar refractivity (Wildman–Crippen MR) is 89.0 cm³/mol. The van der Waals surface area contributed by atoms with Gasteiger partial charge in [-0.05, 0) is 17.9 Å². The summed E-state index contributed by atoms with van der Waals surface area (Å²) in [4.78, 5) is 15.5. The first-order chi connectivity index (χ1) is 10.6. The third kappa shape index (κ3) is 3.07. The van der Waals surface area contributed by atoms with Crippen molar-refractivity contribution in [3.8, 4) is 0 Å². The molecule has 22 heavy (non-hydrogen) atoms. The van der Waals surface area contributed by atoms with Crippen LogP contribution in [0.4, 0.5) is 5.69 Å². The lowest BCUT2D eigenvalue weighted by Crippen LogP contribution is -2.39. The quantitative estimate of drug-likeness (QED) is 0.921. The Morgan fingerprint density at radius 2 is 2.00 bits per heavy atom. The SMILES string of the molecule is CN(CC(O)CN1CCCC1=O)c1cccc2ccccc12. The normalized spacial score (nSPS) is 16.3. The van der Waals surface area contributed by atoms with Gasteiger partial charge in [-0.15, -0.1) is 0 Å². The molecule has 2 aromatic rings. The molecule has 0 aromatic heterocycles. The van der Waals surface area contributed by atoms with Gasteiger partial charge in [0.25, 0.3) is 0 Å². The number of aliphatic hydroxyl groups is 1. The number of carbonyl (C=O) groups is 1. The van der Waals surface area contributed by atoms with E-state index in [-0.39, 0.29) is 5.91 Å². The first-order valence-corrected chi connectivity index (χ1v) is 7.80. The van der Waals surface area contributed by atoms with E-state index in [4.69, 9.17) is 0 Å². The van der Waals surface area contributed by atoms with Crippen molar-refractivity contribution in [3.05, 3.63) is 42.5 Å². The molecule has 4 nitrogen and oxygen atoms in total. The molecule has 4 heteroatoms. The lowest BCUT2D eigenvalue weighted by Gasteiger charge is -2.26. The van der Waals surface area contributed by atoms with Crippen molar-refractivity contribution < 1.29 is 9.90 Å². The number of hydrogen-bond acceptors (Lipinski definition) is 3. The summed E-state index contributed by atoms with van der Waals surface area (Å²) in [6.45, 7) is 1.71.